The SMILES string of the molecule is Cc1ccc2c(c1)c1ccccc1n2-c1c(-c2cc(-c3ccccc3)nc(-c3ccccc3)n2)c(-n2c3ccccc3c3cc(C)ccc32)c(-n2c3ccccc3c3cc(C)ccc32)c(-n2c3ccccc3c3cc(C)ccc32)c1-c1ccc(-c2ccccc2)nc1-c1ccccc1. The maximum atomic E-state index is 6.15. The summed E-state index contributed by atoms with van der Waals surface area (Å²) < 4.78 is 10.4. The van der Waals surface area contributed by atoms with E-state index in [-0.39, 0.29) is 0 Å². The molecule has 7 heteroatoms. The quantitative estimate of drug-likeness (QED) is 0.137. The first kappa shape index (κ1) is 56.8. The van der Waals surface area contributed by atoms with E-state index in [1.54, 1.807) is 0 Å². The van der Waals surface area contributed by atoms with Crippen molar-refractivity contribution in [1.82, 2.24) is 33.2 Å². The van der Waals surface area contributed by atoms with Crippen molar-refractivity contribution in [3.8, 4) is 90.3 Å². The second kappa shape index (κ2) is 22.5. The smallest absolute Gasteiger partial charge is 0.160 e. The molecule has 462 valence electrons. The zero-order valence-electron chi connectivity index (χ0n) is 54.6. The Bertz CT molecular complexity index is 6390. The van der Waals surface area contributed by atoms with Gasteiger partial charge in [-0.15, -0.1) is 0 Å². The van der Waals surface area contributed by atoms with Gasteiger partial charge in [-0.25, -0.2) is 15.0 Å². The van der Waals surface area contributed by atoms with Gasteiger partial charge in [0.05, 0.1) is 95.2 Å². The predicted octanol–water partition coefficient (Wildman–Crippen LogP) is 23.5. The largest absolute Gasteiger partial charge is 0.308 e. The van der Waals surface area contributed by atoms with Crippen LogP contribution < -0.4 is 0 Å². The maximum absolute atomic E-state index is 6.15. The highest BCUT2D eigenvalue weighted by Gasteiger charge is 2.37. The molecule has 0 fully saturated rings. The number of aryl methyl sites for hydroxylation is 4. The number of para-hydroxylation sites is 4. The van der Waals surface area contributed by atoms with Gasteiger partial charge in [0, 0.05) is 76.5 Å². The van der Waals surface area contributed by atoms with E-state index in [9.17, 15) is 0 Å². The van der Waals surface area contributed by atoms with Crippen molar-refractivity contribution in [3.63, 3.8) is 0 Å². The molecular weight excluding hydrogens is 1190 g/mol. The van der Waals surface area contributed by atoms with Crippen LogP contribution in [0.4, 0.5) is 0 Å². The molecule has 0 radical (unpaired) electrons. The van der Waals surface area contributed by atoms with Crippen molar-refractivity contribution in [2.75, 3.05) is 0 Å². The molecule has 0 atom stereocenters. The number of fused-ring (bicyclic) bond motifs is 12. The Morgan fingerprint density at radius 3 is 0.969 bits per heavy atom. The van der Waals surface area contributed by atoms with E-state index in [1.165, 1.54) is 22.3 Å². The van der Waals surface area contributed by atoms with Gasteiger partial charge in [-0.05, 0) is 119 Å². The van der Waals surface area contributed by atoms with Gasteiger partial charge in [0.1, 0.15) is 0 Å². The zero-order valence-corrected chi connectivity index (χ0v) is 54.6. The van der Waals surface area contributed by atoms with Crippen molar-refractivity contribution in [3.05, 3.63) is 332 Å². The number of benzene rings is 13. The van der Waals surface area contributed by atoms with Gasteiger partial charge >= 0.3 is 0 Å². The Hall–Kier alpha value is -12.7. The summed E-state index contributed by atoms with van der Waals surface area (Å²) in [5, 5.41) is 9.14. The number of nitrogens with zero attached hydrogens (tertiary/aromatic N) is 7. The lowest BCUT2D eigenvalue weighted by molar-refractivity contribution is 1.03. The van der Waals surface area contributed by atoms with E-state index in [2.05, 4.69) is 355 Å². The van der Waals surface area contributed by atoms with E-state index in [0.717, 1.165) is 172 Å². The molecule has 19 aromatic rings. The minimum atomic E-state index is 0.602. The molecule has 0 aliphatic heterocycles. The van der Waals surface area contributed by atoms with Gasteiger partial charge in [0.2, 0.25) is 0 Å². The summed E-state index contributed by atoms with van der Waals surface area (Å²) in [7, 11) is 0. The molecule has 0 saturated heterocycles. The van der Waals surface area contributed by atoms with Crippen LogP contribution >= 0.6 is 0 Å². The van der Waals surface area contributed by atoms with Gasteiger partial charge < -0.3 is 18.3 Å². The van der Waals surface area contributed by atoms with E-state index in [4.69, 9.17) is 15.0 Å². The van der Waals surface area contributed by atoms with Crippen LogP contribution in [-0.2, 0) is 0 Å². The van der Waals surface area contributed by atoms with Crippen LogP contribution in [0.25, 0.3) is 178 Å². The van der Waals surface area contributed by atoms with Gasteiger partial charge in [-0.3, -0.25) is 0 Å². The number of rotatable bonds is 10. The molecule has 0 bridgehead atoms. The second-order valence-electron chi connectivity index (χ2n) is 26.2. The van der Waals surface area contributed by atoms with Crippen LogP contribution in [0.2, 0.25) is 0 Å². The summed E-state index contributed by atoms with van der Waals surface area (Å²) in [6, 6.07) is 113. The number of aromatic nitrogens is 7. The van der Waals surface area contributed by atoms with Crippen LogP contribution in [0.3, 0.4) is 0 Å². The third kappa shape index (κ3) is 8.86. The van der Waals surface area contributed by atoms with Crippen molar-refractivity contribution in [1.29, 1.82) is 0 Å². The van der Waals surface area contributed by atoms with E-state index < -0.39 is 0 Å². The van der Waals surface area contributed by atoms with Crippen molar-refractivity contribution < 1.29 is 0 Å². The van der Waals surface area contributed by atoms with Gasteiger partial charge in [-0.2, -0.15) is 0 Å². The molecule has 19 rings (SSSR count). The summed E-state index contributed by atoms with van der Waals surface area (Å²) in [5.41, 5.74) is 26.7. The molecule has 0 aliphatic rings. The fourth-order valence-electron chi connectivity index (χ4n) is 15.7. The Morgan fingerprint density at radius 1 is 0.214 bits per heavy atom. The Morgan fingerprint density at radius 2 is 0.541 bits per heavy atom. The molecule has 0 aliphatic carbocycles. The highest BCUT2D eigenvalue weighted by atomic mass is 15.1. The van der Waals surface area contributed by atoms with Gasteiger partial charge in [0.15, 0.2) is 5.82 Å². The standard InChI is InChI=1S/C91H63N7/c1-56-41-47-80-69(51-56)64-33-17-21-37-76(64)95(80)87-84(68-45-46-73(60-25-9-5-10-26-60)92-86(68)62-29-13-7-14-30-62)88(96-77-38-22-18-34-65(77)70-52-57(2)42-48-81(70)96)90(98-79-40-24-20-36-67(79)72-54-59(4)44-50-83(72)98)89(97-78-39-23-19-35-66(78)71-53-58(3)43-49-82(71)97)85(87)75-55-74(61-27-11-6-12-28-61)93-91(94-75)63-31-15-8-16-32-63/h5-55H,1-4H3. The highest BCUT2D eigenvalue weighted by Crippen LogP contribution is 2.56. The van der Waals surface area contributed by atoms with Gasteiger partial charge in [0.25, 0.3) is 0 Å². The van der Waals surface area contributed by atoms with E-state index in [0.29, 0.717) is 5.82 Å². The number of hydrogen-bond acceptors (Lipinski definition) is 3. The molecule has 0 amide bonds. The summed E-state index contributed by atoms with van der Waals surface area (Å²) in [5.74, 6) is 0.602. The van der Waals surface area contributed by atoms with Crippen molar-refractivity contribution in [2.24, 2.45) is 0 Å². The Kier molecular flexibility index (Phi) is 13.0. The van der Waals surface area contributed by atoms with Crippen LogP contribution in [-0.4, -0.2) is 33.2 Å². The molecule has 0 spiro atoms. The summed E-state index contributed by atoms with van der Waals surface area (Å²) >= 11 is 0. The average molecular weight is 1250 g/mol. The fourth-order valence-corrected chi connectivity index (χ4v) is 15.7. The van der Waals surface area contributed by atoms with Gasteiger partial charge in [-0.1, -0.05) is 241 Å². The molecule has 98 heavy (non-hydrogen) atoms. The maximum Gasteiger partial charge on any atom is 0.160 e. The normalized spacial score (nSPS) is 11.9. The zero-order chi connectivity index (χ0) is 65.3. The van der Waals surface area contributed by atoms with Crippen molar-refractivity contribution >= 4 is 87.2 Å². The summed E-state index contributed by atoms with van der Waals surface area (Å²) in [4.78, 5) is 17.8. The molecular formula is C91H63N7. The van der Waals surface area contributed by atoms with Crippen LogP contribution in [0.15, 0.2) is 309 Å². The molecule has 7 nitrogen and oxygen atoms in total. The lowest BCUT2D eigenvalue weighted by Gasteiger charge is -2.31. The molecule has 6 heterocycles. The first-order valence-corrected chi connectivity index (χ1v) is 33.7. The van der Waals surface area contributed by atoms with Crippen LogP contribution in [0.1, 0.15) is 22.3 Å². The number of pyridine rings is 1. The van der Waals surface area contributed by atoms with E-state index >= 15 is 0 Å². The lowest BCUT2D eigenvalue weighted by atomic mass is 9.88. The first-order chi connectivity index (χ1) is 48.3. The molecule has 0 unspecified atom stereocenters. The topological polar surface area (TPSA) is 58.4 Å². The van der Waals surface area contributed by atoms with Crippen LogP contribution in [0, 0.1) is 27.7 Å². The van der Waals surface area contributed by atoms with Crippen LogP contribution in [0.5, 0.6) is 0 Å². The third-order valence-electron chi connectivity index (χ3n) is 20.0. The van der Waals surface area contributed by atoms with Crippen molar-refractivity contribution in [2.45, 2.75) is 27.7 Å². The predicted molar refractivity (Wildman–Crippen MR) is 409 cm³/mol. The molecule has 6 aromatic heterocycles. The number of hydrogen-bond donors (Lipinski definition) is 0. The summed E-state index contributed by atoms with van der Waals surface area (Å²) in [6.07, 6.45) is 0. The molecule has 13 aromatic carbocycles. The monoisotopic (exact) mass is 1250 g/mol. The fraction of sp³-hybridized carbons (Fsp3) is 0.0440. The minimum Gasteiger partial charge on any atom is -0.308 e. The first-order valence-electron chi connectivity index (χ1n) is 33.7. The lowest BCUT2D eigenvalue weighted by Crippen LogP contribution is -2.17. The molecule has 0 N–H and O–H groups in total. The highest BCUT2D eigenvalue weighted by molar-refractivity contribution is 6.19. The summed E-state index contributed by atoms with van der Waals surface area (Å²) in [6.45, 7) is 8.84. The second-order valence-corrected chi connectivity index (χ2v) is 26.2. The van der Waals surface area contributed by atoms with E-state index in [1.807, 2.05) is 0 Å². The minimum absolute atomic E-state index is 0.602. The third-order valence-corrected chi connectivity index (χ3v) is 20.0. The Labute approximate surface area is 566 Å². The molecule has 0 saturated carbocycles. The Balaban J connectivity index is 1.20. The average Bonchev–Trinajstić information content (AvgIpc) is 1.41.